The van der Waals surface area contributed by atoms with Gasteiger partial charge < -0.3 is 14.4 Å². The molecule has 1 aromatic carbocycles. The van der Waals surface area contributed by atoms with Crippen molar-refractivity contribution in [2.24, 2.45) is 0 Å². The minimum Gasteiger partial charge on any atom is -0.497 e. The molecule has 1 saturated heterocycles. The lowest BCUT2D eigenvalue weighted by atomic mass is 10.1. The highest BCUT2D eigenvalue weighted by Crippen LogP contribution is 2.13. The molecule has 0 radical (unpaired) electrons. The van der Waals surface area contributed by atoms with Crippen LogP contribution in [-0.2, 0) is 20.7 Å². The van der Waals surface area contributed by atoms with Crippen LogP contribution < -0.4 is 4.74 Å². The van der Waals surface area contributed by atoms with E-state index < -0.39 is 0 Å². The Morgan fingerprint density at radius 2 is 1.68 bits per heavy atom. The average molecular weight is 348 g/mol. The number of nitrogens with zero attached hydrogens (tertiary/aromatic N) is 2. The molecule has 0 spiro atoms. The molecule has 2 rings (SSSR count). The van der Waals surface area contributed by atoms with Gasteiger partial charge in [-0.15, -0.1) is 0 Å². The lowest BCUT2D eigenvalue weighted by molar-refractivity contribution is -0.140. The van der Waals surface area contributed by atoms with Gasteiger partial charge in [-0.05, 0) is 37.1 Å². The third-order valence-corrected chi connectivity index (χ3v) is 4.59. The molecule has 0 atom stereocenters. The number of aryl methyl sites for hydroxylation is 1. The quantitative estimate of drug-likeness (QED) is 0.670. The zero-order chi connectivity index (χ0) is 18.1. The second-order valence-electron chi connectivity index (χ2n) is 6.25. The van der Waals surface area contributed by atoms with Crippen molar-refractivity contribution >= 4 is 11.9 Å². The SMILES string of the molecule is COC(=O)CCCN1CCN(C(=O)CCc2ccc(OC)cc2)CC1. The fraction of sp³-hybridized carbons (Fsp3) is 0.579. The first-order chi connectivity index (χ1) is 12.1. The molecule has 0 unspecified atom stereocenters. The van der Waals surface area contributed by atoms with Gasteiger partial charge in [0.25, 0.3) is 0 Å². The van der Waals surface area contributed by atoms with Gasteiger partial charge in [-0.1, -0.05) is 12.1 Å². The second-order valence-corrected chi connectivity index (χ2v) is 6.25. The number of ether oxygens (including phenoxy) is 2. The molecule has 25 heavy (non-hydrogen) atoms. The lowest BCUT2D eigenvalue weighted by Crippen LogP contribution is -2.48. The molecule has 138 valence electrons. The number of methoxy groups -OCH3 is 2. The summed E-state index contributed by atoms with van der Waals surface area (Å²) in [6.07, 6.45) is 2.55. The van der Waals surface area contributed by atoms with Gasteiger partial charge in [-0.25, -0.2) is 0 Å². The van der Waals surface area contributed by atoms with E-state index in [9.17, 15) is 9.59 Å². The van der Waals surface area contributed by atoms with Gasteiger partial charge in [0.05, 0.1) is 14.2 Å². The number of carbonyl (C=O) groups excluding carboxylic acids is 2. The summed E-state index contributed by atoms with van der Waals surface area (Å²) < 4.78 is 9.79. The van der Waals surface area contributed by atoms with E-state index in [-0.39, 0.29) is 11.9 Å². The molecule has 6 heteroatoms. The van der Waals surface area contributed by atoms with Crippen molar-refractivity contribution in [3.05, 3.63) is 29.8 Å². The van der Waals surface area contributed by atoms with E-state index in [1.54, 1.807) is 7.11 Å². The smallest absolute Gasteiger partial charge is 0.305 e. The fourth-order valence-electron chi connectivity index (χ4n) is 2.97. The Hall–Kier alpha value is -2.08. The molecule has 1 aliphatic rings. The van der Waals surface area contributed by atoms with Gasteiger partial charge in [-0.2, -0.15) is 0 Å². The zero-order valence-corrected chi connectivity index (χ0v) is 15.2. The molecule has 1 heterocycles. The predicted octanol–water partition coefficient (Wildman–Crippen LogP) is 1.73. The number of hydrogen-bond acceptors (Lipinski definition) is 5. The number of rotatable bonds is 8. The standard InChI is InChI=1S/C19H28N2O4/c1-24-17-8-5-16(6-9-17)7-10-18(22)21-14-12-20(13-15-21)11-3-4-19(23)25-2/h5-6,8-9H,3-4,7,10-15H2,1-2H3. The van der Waals surface area contributed by atoms with Crippen molar-refractivity contribution in [2.45, 2.75) is 25.7 Å². The molecule has 1 amide bonds. The van der Waals surface area contributed by atoms with E-state index in [4.69, 9.17) is 4.74 Å². The highest BCUT2D eigenvalue weighted by atomic mass is 16.5. The Morgan fingerprint density at radius 3 is 2.28 bits per heavy atom. The summed E-state index contributed by atoms with van der Waals surface area (Å²) in [6.45, 7) is 4.15. The Labute approximate surface area is 149 Å². The van der Waals surface area contributed by atoms with Crippen LogP contribution in [0.1, 0.15) is 24.8 Å². The van der Waals surface area contributed by atoms with Gasteiger partial charge in [0, 0.05) is 39.0 Å². The maximum Gasteiger partial charge on any atom is 0.305 e. The molecule has 1 aromatic rings. The summed E-state index contributed by atoms with van der Waals surface area (Å²) in [6, 6.07) is 7.86. The first-order valence-electron chi connectivity index (χ1n) is 8.82. The summed E-state index contributed by atoms with van der Waals surface area (Å²) in [5.74, 6) is 0.885. The van der Waals surface area contributed by atoms with Crippen molar-refractivity contribution < 1.29 is 19.1 Å². The number of benzene rings is 1. The molecule has 0 bridgehead atoms. The minimum atomic E-state index is -0.160. The van der Waals surface area contributed by atoms with Crippen molar-refractivity contribution in [3.8, 4) is 5.75 Å². The largest absolute Gasteiger partial charge is 0.497 e. The summed E-state index contributed by atoms with van der Waals surface area (Å²) in [5.41, 5.74) is 1.15. The van der Waals surface area contributed by atoms with E-state index >= 15 is 0 Å². The number of hydrogen-bond donors (Lipinski definition) is 0. The molecule has 0 aromatic heterocycles. The third kappa shape index (κ3) is 6.38. The Bertz CT molecular complexity index is 551. The van der Waals surface area contributed by atoms with E-state index in [1.807, 2.05) is 29.2 Å². The third-order valence-electron chi connectivity index (χ3n) is 4.59. The summed E-state index contributed by atoms with van der Waals surface area (Å²) in [4.78, 5) is 27.7. The molecule has 6 nitrogen and oxygen atoms in total. The molecular weight excluding hydrogens is 320 g/mol. The molecule has 1 fully saturated rings. The van der Waals surface area contributed by atoms with Gasteiger partial charge in [0.15, 0.2) is 0 Å². The summed E-state index contributed by atoms with van der Waals surface area (Å²) in [7, 11) is 3.06. The topological polar surface area (TPSA) is 59.1 Å². The number of esters is 1. The Morgan fingerprint density at radius 1 is 1.00 bits per heavy atom. The average Bonchev–Trinajstić information content (AvgIpc) is 2.66. The van der Waals surface area contributed by atoms with Crippen LogP contribution >= 0.6 is 0 Å². The van der Waals surface area contributed by atoms with Gasteiger partial charge in [0.2, 0.25) is 5.91 Å². The number of piperazine rings is 1. The summed E-state index contributed by atoms with van der Waals surface area (Å²) >= 11 is 0. The molecule has 0 aliphatic carbocycles. The van der Waals surface area contributed by atoms with E-state index in [2.05, 4.69) is 9.64 Å². The summed E-state index contributed by atoms with van der Waals surface area (Å²) in [5, 5.41) is 0. The van der Waals surface area contributed by atoms with Crippen LogP contribution in [0.4, 0.5) is 0 Å². The highest BCUT2D eigenvalue weighted by molar-refractivity contribution is 5.76. The molecule has 1 aliphatic heterocycles. The number of amides is 1. The normalized spacial score (nSPS) is 15.0. The van der Waals surface area contributed by atoms with Crippen molar-refractivity contribution in [1.29, 1.82) is 0 Å². The van der Waals surface area contributed by atoms with E-state index in [1.165, 1.54) is 7.11 Å². The fourth-order valence-corrected chi connectivity index (χ4v) is 2.97. The zero-order valence-electron chi connectivity index (χ0n) is 15.2. The number of carbonyl (C=O) groups is 2. The highest BCUT2D eigenvalue weighted by Gasteiger charge is 2.20. The van der Waals surface area contributed by atoms with Crippen molar-refractivity contribution in [2.75, 3.05) is 46.9 Å². The molecule has 0 N–H and O–H groups in total. The van der Waals surface area contributed by atoms with Crippen LogP contribution in [0, 0.1) is 0 Å². The van der Waals surface area contributed by atoms with Crippen LogP contribution in [0.2, 0.25) is 0 Å². The Balaban J connectivity index is 1.65. The van der Waals surface area contributed by atoms with Gasteiger partial charge in [-0.3, -0.25) is 14.5 Å². The van der Waals surface area contributed by atoms with Crippen LogP contribution in [0.25, 0.3) is 0 Å². The van der Waals surface area contributed by atoms with E-state index in [0.29, 0.717) is 12.8 Å². The second kappa shape index (κ2) is 10.0. The van der Waals surface area contributed by atoms with Crippen molar-refractivity contribution in [1.82, 2.24) is 9.80 Å². The first kappa shape index (κ1) is 19.2. The maximum atomic E-state index is 12.4. The minimum absolute atomic E-state index is 0.160. The van der Waals surface area contributed by atoms with Crippen LogP contribution in [0.3, 0.4) is 0 Å². The van der Waals surface area contributed by atoms with E-state index in [0.717, 1.165) is 56.9 Å². The van der Waals surface area contributed by atoms with Gasteiger partial charge in [0.1, 0.15) is 5.75 Å². The van der Waals surface area contributed by atoms with Crippen LogP contribution in [-0.4, -0.2) is 68.6 Å². The Kier molecular flexibility index (Phi) is 7.73. The molecular formula is C19H28N2O4. The first-order valence-corrected chi connectivity index (χ1v) is 8.82. The van der Waals surface area contributed by atoms with Crippen LogP contribution in [0.5, 0.6) is 5.75 Å². The van der Waals surface area contributed by atoms with Gasteiger partial charge >= 0.3 is 5.97 Å². The van der Waals surface area contributed by atoms with Crippen LogP contribution in [0.15, 0.2) is 24.3 Å². The molecule has 0 saturated carbocycles. The monoisotopic (exact) mass is 348 g/mol. The lowest BCUT2D eigenvalue weighted by Gasteiger charge is -2.34. The van der Waals surface area contributed by atoms with Crippen molar-refractivity contribution in [3.63, 3.8) is 0 Å². The maximum absolute atomic E-state index is 12.4. The predicted molar refractivity (Wildman–Crippen MR) is 95.6 cm³/mol.